The molecule has 2 aliphatic heterocycles. The third kappa shape index (κ3) is 3.08. The molecule has 5 heteroatoms. The van der Waals surface area contributed by atoms with Gasteiger partial charge in [-0.3, -0.25) is 9.59 Å². The summed E-state index contributed by atoms with van der Waals surface area (Å²) < 4.78 is 17.4. The highest BCUT2D eigenvalue weighted by molar-refractivity contribution is 6.02. The molecule has 0 amide bonds. The summed E-state index contributed by atoms with van der Waals surface area (Å²) in [5.74, 6) is -1.68. The van der Waals surface area contributed by atoms with Crippen molar-refractivity contribution in [3.63, 3.8) is 0 Å². The summed E-state index contributed by atoms with van der Waals surface area (Å²) in [7, 11) is 0. The van der Waals surface area contributed by atoms with E-state index in [4.69, 9.17) is 14.2 Å². The highest BCUT2D eigenvalue weighted by atomic mass is 16.7. The van der Waals surface area contributed by atoms with Gasteiger partial charge in [-0.15, -0.1) is 0 Å². The normalized spacial score (nSPS) is 28.3. The number of carbonyl (C=O) groups is 2. The van der Waals surface area contributed by atoms with Crippen LogP contribution in [0.2, 0.25) is 0 Å². The number of hydrogen-bond acceptors (Lipinski definition) is 5. The summed E-state index contributed by atoms with van der Waals surface area (Å²) in [6.07, 6.45) is 3.64. The largest absolute Gasteiger partial charge is 0.458 e. The lowest BCUT2D eigenvalue weighted by molar-refractivity contribution is -0.220. The first kappa shape index (κ1) is 17.7. The Labute approximate surface area is 154 Å². The van der Waals surface area contributed by atoms with Gasteiger partial charge in [0.1, 0.15) is 11.5 Å². The fourth-order valence-corrected chi connectivity index (χ4v) is 4.78. The first-order valence-corrected chi connectivity index (χ1v) is 9.65. The monoisotopic (exact) mass is 358 g/mol. The van der Waals surface area contributed by atoms with Crippen LogP contribution in [0.1, 0.15) is 56.9 Å². The number of Topliss-reactive ketones (excluding diaryl/α,β-unsaturated/α-hetero) is 1. The van der Waals surface area contributed by atoms with E-state index in [1.165, 1.54) is 0 Å². The zero-order chi connectivity index (χ0) is 18.2. The molecule has 1 aromatic carbocycles. The predicted octanol–water partition coefficient (Wildman–Crippen LogP) is 3.37. The summed E-state index contributed by atoms with van der Waals surface area (Å²) in [5, 5.41) is 0. The van der Waals surface area contributed by atoms with Crippen molar-refractivity contribution < 1.29 is 23.8 Å². The Morgan fingerprint density at radius 3 is 2.27 bits per heavy atom. The summed E-state index contributed by atoms with van der Waals surface area (Å²) >= 11 is 0. The summed E-state index contributed by atoms with van der Waals surface area (Å²) in [6.45, 7) is 3.24. The van der Waals surface area contributed by atoms with Gasteiger partial charge < -0.3 is 14.2 Å². The number of carbonyl (C=O) groups excluding carboxylic acids is 2. The van der Waals surface area contributed by atoms with Crippen molar-refractivity contribution in [3.8, 4) is 0 Å². The Morgan fingerprint density at radius 1 is 1.04 bits per heavy atom. The maximum Gasteiger partial charge on any atom is 0.317 e. The average Bonchev–Trinajstić information content (AvgIpc) is 3.11. The van der Waals surface area contributed by atoms with Gasteiger partial charge in [0.25, 0.3) is 0 Å². The van der Waals surface area contributed by atoms with Crippen LogP contribution in [-0.4, -0.2) is 36.4 Å². The van der Waals surface area contributed by atoms with E-state index in [1.807, 2.05) is 37.3 Å². The Morgan fingerprint density at radius 2 is 1.69 bits per heavy atom. The van der Waals surface area contributed by atoms with Gasteiger partial charge in [-0.05, 0) is 24.8 Å². The Bertz CT molecular complexity index is 647. The molecule has 3 aliphatic rings. The predicted molar refractivity (Wildman–Crippen MR) is 94.5 cm³/mol. The molecule has 0 bridgehead atoms. The molecule has 2 spiro atoms. The number of esters is 1. The van der Waals surface area contributed by atoms with Crippen LogP contribution in [0.15, 0.2) is 30.3 Å². The first-order chi connectivity index (χ1) is 12.6. The van der Waals surface area contributed by atoms with Crippen molar-refractivity contribution in [1.29, 1.82) is 0 Å². The van der Waals surface area contributed by atoms with Crippen LogP contribution >= 0.6 is 0 Å². The molecule has 4 rings (SSSR count). The third-order valence-electron chi connectivity index (χ3n) is 6.22. The van der Waals surface area contributed by atoms with E-state index in [0.717, 1.165) is 12.0 Å². The SMILES string of the molecule is CCC(c1ccccc1)C1C(=O)CC2(CCC3(CC2)OCCO3)OC1=O. The van der Waals surface area contributed by atoms with Crippen molar-refractivity contribution in [2.45, 2.75) is 62.8 Å². The molecule has 2 unspecified atom stereocenters. The lowest BCUT2D eigenvalue weighted by atomic mass is 9.71. The van der Waals surface area contributed by atoms with E-state index in [0.29, 0.717) is 45.3 Å². The fourth-order valence-electron chi connectivity index (χ4n) is 4.78. The Hall–Kier alpha value is -1.72. The third-order valence-corrected chi connectivity index (χ3v) is 6.22. The van der Waals surface area contributed by atoms with E-state index in [9.17, 15) is 9.59 Å². The zero-order valence-electron chi connectivity index (χ0n) is 15.2. The van der Waals surface area contributed by atoms with Gasteiger partial charge in [-0.25, -0.2) is 0 Å². The van der Waals surface area contributed by atoms with Crippen LogP contribution in [0.3, 0.4) is 0 Å². The van der Waals surface area contributed by atoms with Crippen LogP contribution in [-0.2, 0) is 23.8 Å². The number of ketones is 1. The fraction of sp³-hybridized carbons (Fsp3) is 0.619. The number of ether oxygens (including phenoxy) is 3. The second-order valence-electron chi connectivity index (χ2n) is 7.76. The quantitative estimate of drug-likeness (QED) is 0.612. The first-order valence-electron chi connectivity index (χ1n) is 9.65. The van der Waals surface area contributed by atoms with Gasteiger partial charge in [-0.2, -0.15) is 0 Å². The molecule has 1 saturated carbocycles. The van der Waals surface area contributed by atoms with Gasteiger partial charge in [0.05, 0.1) is 13.2 Å². The summed E-state index contributed by atoms with van der Waals surface area (Å²) in [5.41, 5.74) is 0.358. The van der Waals surface area contributed by atoms with Crippen LogP contribution in [0.5, 0.6) is 0 Å². The van der Waals surface area contributed by atoms with Crippen molar-refractivity contribution in [2.75, 3.05) is 13.2 Å². The number of benzene rings is 1. The molecule has 0 N–H and O–H groups in total. The minimum Gasteiger partial charge on any atom is -0.458 e. The van der Waals surface area contributed by atoms with Crippen LogP contribution < -0.4 is 0 Å². The molecule has 3 fully saturated rings. The molecule has 1 aliphatic carbocycles. The summed E-state index contributed by atoms with van der Waals surface area (Å²) in [4.78, 5) is 25.9. The molecule has 5 nitrogen and oxygen atoms in total. The molecule has 2 saturated heterocycles. The Kier molecular flexibility index (Phi) is 4.61. The highest BCUT2D eigenvalue weighted by Crippen LogP contribution is 2.47. The molecule has 2 heterocycles. The molecule has 2 atom stereocenters. The van der Waals surface area contributed by atoms with E-state index in [1.54, 1.807) is 0 Å². The molecular weight excluding hydrogens is 332 g/mol. The summed E-state index contributed by atoms with van der Waals surface area (Å²) in [6, 6.07) is 9.80. The van der Waals surface area contributed by atoms with Gasteiger partial charge in [-0.1, -0.05) is 37.3 Å². The van der Waals surface area contributed by atoms with Crippen molar-refractivity contribution >= 4 is 11.8 Å². The standard InChI is InChI=1S/C21H26O5/c1-2-16(15-6-4-3-5-7-15)18-17(22)14-20(26-19(18)23)8-10-21(11-9-20)24-12-13-25-21/h3-7,16,18H,2,8-14H2,1H3. The molecule has 0 aromatic heterocycles. The highest BCUT2D eigenvalue weighted by Gasteiger charge is 2.54. The van der Waals surface area contributed by atoms with Crippen LogP contribution in [0.4, 0.5) is 0 Å². The number of rotatable bonds is 3. The lowest BCUT2D eigenvalue weighted by Gasteiger charge is -2.46. The van der Waals surface area contributed by atoms with Crippen molar-refractivity contribution in [1.82, 2.24) is 0 Å². The molecule has 0 radical (unpaired) electrons. The molecular formula is C21H26O5. The van der Waals surface area contributed by atoms with E-state index >= 15 is 0 Å². The minimum atomic E-state index is -0.692. The average molecular weight is 358 g/mol. The second-order valence-corrected chi connectivity index (χ2v) is 7.76. The maximum atomic E-state index is 13.0. The molecule has 26 heavy (non-hydrogen) atoms. The van der Waals surface area contributed by atoms with Crippen molar-refractivity contribution in [2.24, 2.45) is 5.92 Å². The zero-order valence-corrected chi connectivity index (χ0v) is 15.2. The van der Waals surface area contributed by atoms with E-state index < -0.39 is 17.3 Å². The van der Waals surface area contributed by atoms with Crippen LogP contribution in [0, 0.1) is 5.92 Å². The van der Waals surface area contributed by atoms with Gasteiger partial charge >= 0.3 is 5.97 Å². The van der Waals surface area contributed by atoms with E-state index in [2.05, 4.69) is 0 Å². The van der Waals surface area contributed by atoms with E-state index in [-0.39, 0.29) is 17.7 Å². The lowest BCUT2D eigenvalue weighted by Crippen LogP contribution is -2.53. The molecule has 140 valence electrons. The van der Waals surface area contributed by atoms with Crippen molar-refractivity contribution in [3.05, 3.63) is 35.9 Å². The van der Waals surface area contributed by atoms with Gasteiger partial charge in [0.2, 0.25) is 0 Å². The van der Waals surface area contributed by atoms with Gasteiger partial charge in [0, 0.05) is 25.2 Å². The Balaban J connectivity index is 1.49. The molecule has 1 aromatic rings. The van der Waals surface area contributed by atoms with Crippen LogP contribution in [0.25, 0.3) is 0 Å². The minimum absolute atomic E-state index is 0.0150. The second kappa shape index (κ2) is 6.78. The van der Waals surface area contributed by atoms with Gasteiger partial charge in [0.15, 0.2) is 11.6 Å². The maximum absolute atomic E-state index is 13.0. The number of hydrogen-bond donors (Lipinski definition) is 0. The smallest absolute Gasteiger partial charge is 0.317 e. The topological polar surface area (TPSA) is 61.8 Å².